The van der Waals surface area contributed by atoms with Gasteiger partial charge in [0.05, 0.1) is 5.92 Å². The summed E-state index contributed by atoms with van der Waals surface area (Å²) in [7, 11) is 0. The number of ether oxygens (including phenoxy) is 1. The Morgan fingerprint density at radius 1 is 1.26 bits per heavy atom. The van der Waals surface area contributed by atoms with Crippen molar-refractivity contribution in [2.75, 3.05) is 37.6 Å². The average Bonchev–Trinajstić information content (AvgIpc) is 3.02. The van der Waals surface area contributed by atoms with Gasteiger partial charge in [0.15, 0.2) is 0 Å². The summed E-state index contributed by atoms with van der Waals surface area (Å²) in [6.07, 6.45) is 5.84. The molecule has 0 spiro atoms. The number of piperazine rings is 1. The number of hydrogen-bond donors (Lipinski definition) is 0. The molecule has 2 heterocycles. The van der Waals surface area contributed by atoms with Gasteiger partial charge in [-0.15, -0.1) is 0 Å². The van der Waals surface area contributed by atoms with Crippen molar-refractivity contribution in [1.82, 2.24) is 4.90 Å². The number of carbonyl (C=O) groups is 1. The Balaban J connectivity index is 1.23. The third-order valence-corrected chi connectivity index (χ3v) is 8.89. The van der Waals surface area contributed by atoms with Crippen LogP contribution in [0.4, 0.5) is 5.69 Å². The first-order chi connectivity index (χ1) is 14.8. The van der Waals surface area contributed by atoms with Crippen LogP contribution in [0.3, 0.4) is 0 Å². The van der Waals surface area contributed by atoms with Crippen LogP contribution < -0.4 is 4.90 Å². The van der Waals surface area contributed by atoms with Crippen molar-refractivity contribution >= 4 is 23.3 Å². The van der Waals surface area contributed by atoms with E-state index in [0.29, 0.717) is 11.8 Å². The monoisotopic (exact) mass is 442 g/mol. The number of aryl methyl sites for hydroxylation is 1. The van der Waals surface area contributed by atoms with Gasteiger partial charge in [-0.05, 0) is 68.1 Å². The molecule has 5 rings (SSSR count). The maximum Gasteiger partial charge on any atom is 0.310 e. The molecule has 2 aliphatic carbocycles. The zero-order valence-electron chi connectivity index (χ0n) is 18.9. The Bertz CT molecular complexity index is 878. The second-order valence-electron chi connectivity index (χ2n) is 10.6. The van der Waals surface area contributed by atoms with Crippen molar-refractivity contribution in [1.29, 1.82) is 0 Å². The summed E-state index contributed by atoms with van der Waals surface area (Å²) in [6.45, 7) is 13.7. The van der Waals surface area contributed by atoms with E-state index in [1.807, 2.05) is 6.07 Å². The second-order valence-corrected chi connectivity index (χ2v) is 11.1. The number of benzene rings is 1. The lowest BCUT2D eigenvalue weighted by Gasteiger charge is -2.50. The summed E-state index contributed by atoms with van der Waals surface area (Å²) < 4.78 is 5.97. The lowest BCUT2D eigenvalue weighted by Crippen LogP contribution is -2.50. The third-order valence-electron chi connectivity index (χ3n) is 8.66. The highest BCUT2D eigenvalue weighted by molar-refractivity contribution is 6.30. The minimum atomic E-state index is 0.0173. The SMILES string of the molecule is C=C1CCC[C@]2(C)C[C@H]3OC(=O)[C@@H](CN4CCN(c5cc(Cl)ccc5C)CC4)[C@H]3C[C@@H]12. The fourth-order valence-corrected chi connectivity index (χ4v) is 7.00. The first-order valence-electron chi connectivity index (χ1n) is 12.0. The number of hydrogen-bond acceptors (Lipinski definition) is 4. The first-order valence-corrected chi connectivity index (χ1v) is 12.3. The maximum absolute atomic E-state index is 12.9. The minimum Gasteiger partial charge on any atom is -0.462 e. The van der Waals surface area contributed by atoms with Crippen LogP contribution >= 0.6 is 11.6 Å². The van der Waals surface area contributed by atoms with Gasteiger partial charge >= 0.3 is 5.97 Å². The van der Waals surface area contributed by atoms with Crippen LogP contribution in [-0.2, 0) is 9.53 Å². The van der Waals surface area contributed by atoms with E-state index in [1.54, 1.807) is 0 Å². The predicted molar refractivity (Wildman–Crippen MR) is 126 cm³/mol. The predicted octanol–water partition coefficient (Wildman–Crippen LogP) is 5.08. The Labute approximate surface area is 191 Å². The molecular formula is C26H35ClN2O2. The Morgan fingerprint density at radius 3 is 2.81 bits per heavy atom. The number of halogens is 1. The van der Waals surface area contributed by atoms with E-state index >= 15 is 0 Å². The minimum absolute atomic E-state index is 0.0173. The molecule has 0 amide bonds. The molecule has 1 aromatic rings. The molecule has 2 aliphatic heterocycles. The molecule has 0 N–H and O–H groups in total. The molecule has 5 atom stereocenters. The average molecular weight is 443 g/mol. The van der Waals surface area contributed by atoms with Gasteiger partial charge in [0.1, 0.15) is 6.10 Å². The number of nitrogens with zero attached hydrogens (tertiary/aromatic N) is 2. The molecule has 0 radical (unpaired) electrons. The van der Waals surface area contributed by atoms with E-state index in [0.717, 1.165) is 57.0 Å². The second kappa shape index (κ2) is 8.12. The van der Waals surface area contributed by atoms with E-state index in [9.17, 15) is 4.79 Å². The fourth-order valence-electron chi connectivity index (χ4n) is 6.84. The van der Waals surface area contributed by atoms with Gasteiger partial charge in [0.2, 0.25) is 0 Å². The smallest absolute Gasteiger partial charge is 0.310 e. The third kappa shape index (κ3) is 3.91. The van der Waals surface area contributed by atoms with E-state index < -0.39 is 0 Å². The molecule has 2 saturated carbocycles. The van der Waals surface area contributed by atoms with Crippen LogP contribution in [0.5, 0.6) is 0 Å². The van der Waals surface area contributed by atoms with Gasteiger partial charge in [-0.3, -0.25) is 9.69 Å². The fraction of sp³-hybridized carbons (Fsp3) is 0.654. The van der Waals surface area contributed by atoms with Gasteiger partial charge < -0.3 is 9.64 Å². The Morgan fingerprint density at radius 2 is 2.03 bits per heavy atom. The van der Waals surface area contributed by atoms with Crippen molar-refractivity contribution < 1.29 is 9.53 Å². The zero-order chi connectivity index (χ0) is 21.8. The lowest BCUT2D eigenvalue weighted by molar-refractivity contribution is -0.146. The molecular weight excluding hydrogens is 408 g/mol. The van der Waals surface area contributed by atoms with E-state index in [2.05, 4.69) is 42.4 Å². The highest BCUT2D eigenvalue weighted by atomic mass is 35.5. The molecule has 0 aromatic heterocycles. The van der Waals surface area contributed by atoms with Crippen molar-refractivity contribution in [2.24, 2.45) is 23.2 Å². The van der Waals surface area contributed by atoms with Gasteiger partial charge in [0, 0.05) is 49.4 Å². The van der Waals surface area contributed by atoms with Crippen LogP contribution in [-0.4, -0.2) is 49.7 Å². The number of carbonyl (C=O) groups excluding carboxylic acids is 1. The van der Waals surface area contributed by atoms with Gasteiger partial charge in [0.25, 0.3) is 0 Å². The number of rotatable bonds is 3. The number of anilines is 1. The Hall–Kier alpha value is -1.52. The largest absolute Gasteiger partial charge is 0.462 e. The van der Waals surface area contributed by atoms with Crippen molar-refractivity contribution in [3.63, 3.8) is 0 Å². The van der Waals surface area contributed by atoms with E-state index in [1.165, 1.54) is 29.7 Å². The molecule has 2 saturated heterocycles. The molecule has 5 heteroatoms. The van der Waals surface area contributed by atoms with Crippen molar-refractivity contribution in [3.8, 4) is 0 Å². The van der Waals surface area contributed by atoms with Crippen molar-refractivity contribution in [3.05, 3.63) is 40.9 Å². The summed E-state index contributed by atoms with van der Waals surface area (Å²) >= 11 is 6.23. The molecule has 4 aliphatic rings. The van der Waals surface area contributed by atoms with Gasteiger partial charge in [-0.2, -0.15) is 0 Å². The van der Waals surface area contributed by atoms with E-state index in [-0.39, 0.29) is 23.4 Å². The summed E-state index contributed by atoms with van der Waals surface area (Å²) in [6, 6.07) is 6.12. The van der Waals surface area contributed by atoms with Gasteiger partial charge in [-0.25, -0.2) is 0 Å². The van der Waals surface area contributed by atoms with E-state index in [4.69, 9.17) is 16.3 Å². The molecule has 0 bridgehead atoms. The Kier molecular flexibility index (Phi) is 5.58. The number of esters is 1. The lowest BCUT2D eigenvalue weighted by atomic mass is 9.55. The zero-order valence-corrected chi connectivity index (χ0v) is 19.7. The van der Waals surface area contributed by atoms with Crippen LogP contribution in [0.2, 0.25) is 5.02 Å². The molecule has 31 heavy (non-hydrogen) atoms. The quantitative estimate of drug-likeness (QED) is 0.482. The highest BCUT2D eigenvalue weighted by Gasteiger charge is 2.55. The molecule has 168 valence electrons. The van der Waals surface area contributed by atoms with Crippen molar-refractivity contribution in [2.45, 2.75) is 52.1 Å². The van der Waals surface area contributed by atoms with Gasteiger partial charge in [-0.1, -0.05) is 36.7 Å². The van der Waals surface area contributed by atoms with Crippen LogP contribution in [0.15, 0.2) is 30.4 Å². The normalized spacial score (nSPS) is 36.2. The summed E-state index contributed by atoms with van der Waals surface area (Å²) in [5, 5.41) is 0.788. The highest BCUT2D eigenvalue weighted by Crippen LogP contribution is 2.56. The van der Waals surface area contributed by atoms with Crippen LogP contribution in [0.1, 0.15) is 44.6 Å². The summed E-state index contributed by atoms with van der Waals surface area (Å²) in [4.78, 5) is 17.8. The summed E-state index contributed by atoms with van der Waals surface area (Å²) in [5.41, 5.74) is 4.18. The standard InChI is InChI=1S/C26H35ClN2O2/c1-17-5-4-8-26(3)15-24-20(14-22(17)26)21(25(30)31-24)16-28-9-11-29(12-10-28)23-13-19(27)7-6-18(23)2/h6-7,13,20-22,24H,1,4-5,8-12,14-16H2,2-3H3/t20-,21+,22+,24-,26-/m1/s1. The molecule has 0 unspecified atom stereocenters. The first kappa shape index (κ1) is 21.3. The number of fused-ring (bicyclic) bond motifs is 2. The number of allylic oxidation sites excluding steroid dienone is 1. The maximum atomic E-state index is 12.9. The summed E-state index contributed by atoms with van der Waals surface area (Å²) in [5.74, 6) is 0.968. The van der Waals surface area contributed by atoms with Crippen LogP contribution in [0.25, 0.3) is 0 Å². The molecule has 4 nitrogen and oxygen atoms in total. The van der Waals surface area contributed by atoms with Crippen LogP contribution in [0, 0.1) is 30.1 Å². The topological polar surface area (TPSA) is 32.8 Å². The molecule has 1 aromatic carbocycles. The molecule has 4 fully saturated rings.